The molecular formula is C51H44N6O4. The van der Waals surface area contributed by atoms with E-state index >= 15 is 0 Å². The maximum atomic E-state index is 13.6. The van der Waals surface area contributed by atoms with Gasteiger partial charge in [0.1, 0.15) is 30.2 Å². The van der Waals surface area contributed by atoms with Gasteiger partial charge in [0, 0.05) is 12.5 Å². The molecule has 0 amide bonds. The van der Waals surface area contributed by atoms with Gasteiger partial charge in [0.25, 0.3) is 0 Å². The van der Waals surface area contributed by atoms with Crippen molar-refractivity contribution in [3.63, 3.8) is 0 Å². The zero-order valence-electron chi connectivity index (χ0n) is 33.6. The quantitative estimate of drug-likeness (QED) is 0.0924. The van der Waals surface area contributed by atoms with Crippen LogP contribution in [0.1, 0.15) is 52.3 Å². The van der Waals surface area contributed by atoms with Gasteiger partial charge in [-0.25, -0.2) is 9.97 Å². The van der Waals surface area contributed by atoms with Crippen LogP contribution in [0.15, 0.2) is 200 Å². The number of aromatic nitrogens is 4. The van der Waals surface area contributed by atoms with Crippen molar-refractivity contribution in [2.24, 2.45) is 4.99 Å². The predicted octanol–water partition coefficient (Wildman–Crippen LogP) is 8.12. The van der Waals surface area contributed by atoms with Gasteiger partial charge in [-0.3, -0.25) is 0 Å². The van der Waals surface area contributed by atoms with Gasteiger partial charge in [0.15, 0.2) is 11.2 Å². The van der Waals surface area contributed by atoms with E-state index in [1.54, 1.807) is 6.33 Å². The number of benzene rings is 6. The van der Waals surface area contributed by atoms with Gasteiger partial charge < -0.3 is 24.0 Å². The first kappa shape index (κ1) is 39.3. The Kier molecular flexibility index (Phi) is 10.8. The maximum absolute atomic E-state index is 13.6. The molecule has 10 heteroatoms. The van der Waals surface area contributed by atoms with Crippen LogP contribution in [0.4, 0.5) is 0 Å². The van der Waals surface area contributed by atoms with Crippen LogP contribution in [0.3, 0.4) is 0 Å². The Morgan fingerprint density at radius 2 is 1.08 bits per heavy atom. The van der Waals surface area contributed by atoms with Crippen molar-refractivity contribution >= 4 is 11.2 Å². The topological polar surface area (TPSA) is 120 Å². The molecule has 302 valence electrons. The summed E-state index contributed by atoms with van der Waals surface area (Å²) < 4.78 is 18.4. The fraction of sp³-hybridized carbons (Fsp3) is 0.176. The summed E-state index contributed by atoms with van der Waals surface area (Å²) in [6.45, 7) is -0.111. The molecule has 61 heavy (non-hydrogen) atoms. The van der Waals surface area contributed by atoms with Gasteiger partial charge in [-0.15, -0.1) is 4.99 Å². The molecule has 0 radical (unpaired) electrons. The smallest absolute Gasteiger partial charge is 0.211 e. The molecule has 9 rings (SSSR count). The molecule has 0 bridgehead atoms. The molecule has 1 saturated carbocycles. The molecule has 10 nitrogen and oxygen atoms in total. The molecular weight excluding hydrogens is 761 g/mol. The third kappa shape index (κ3) is 7.09. The second kappa shape index (κ2) is 16.8. The van der Waals surface area contributed by atoms with Crippen LogP contribution in [0.2, 0.25) is 0 Å². The third-order valence-corrected chi connectivity index (χ3v) is 11.8. The van der Waals surface area contributed by atoms with Crippen LogP contribution in [-0.2, 0) is 20.7 Å². The summed E-state index contributed by atoms with van der Waals surface area (Å²) in [7, 11) is 1.47. The molecule has 0 aliphatic heterocycles. The van der Waals surface area contributed by atoms with E-state index in [1.165, 1.54) is 18.2 Å². The highest BCUT2D eigenvalue weighted by molar-refractivity contribution is 5.69. The first-order chi connectivity index (χ1) is 30.0. The Bertz CT molecular complexity index is 2620. The third-order valence-electron chi connectivity index (χ3n) is 11.8. The van der Waals surface area contributed by atoms with Crippen molar-refractivity contribution in [1.29, 1.82) is 5.26 Å². The number of nitrogens with zero attached hydrogens (tertiary/aromatic N) is 6. The predicted molar refractivity (Wildman–Crippen MR) is 232 cm³/mol. The van der Waals surface area contributed by atoms with Crippen molar-refractivity contribution in [2.45, 2.75) is 41.8 Å². The standard InChI is InChI=1S/C51H44N6O4/c1-59-57-37-55-47-46(48(57)53-35-52)54-36-56(47)44-32-45(61-51(41-26-14-5-15-27-41,42-28-16-6-17-29-42)43-30-18-7-19-31-43)49(58,33-44)34-60-50(38-20-8-2-9-21-38,39-22-10-3-11-23-39)40-24-12-4-13-25-40/h2-31,36-37,44-45,58H,32-34H2,1H3/t44-,45-,49+/m0/s1. The summed E-state index contributed by atoms with van der Waals surface area (Å²) >= 11 is 0. The second-order valence-corrected chi connectivity index (χ2v) is 15.3. The van der Waals surface area contributed by atoms with Crippen LogP contribution in [-0.4, -0.2) is 49.8 Å². The van der Waals surface area contributed by atoms with Crippen LogP contribution in [0.5, 0.6) is 0 Å². The number of imidazole rings is 1. The summed E-state index contributed by atoms with van der Waals surface area (Å²) in [5, 5.41) is 23.2. The van der Waals surface area contributed by atoms with Crippen molar-refractivity contribution in [2.75, 3.05) is 13.7 Å². The molecule has 3 atom stereocenters. The van der Waals surface area contributed by atoms with Crippen LogP contribution < -0.4 is 10.3 Å². The summed E-state index contributed by atoms with van der Waals surface area (Å²) in [5.41, 5.74) is 2.73. The van der Waals surface area contributed by atoms with Crippen LogP contribution >= 0.6 is 0 Å². The molecule has 1 aliphatic rings. The molecule has 2 heterocycles. The number of hydrogen-bond acceptors (Lipinski definition) is 8. The minimum Gasteiger partial charge on any atom is -0.414 e. The Labute approximate surface area is 354 Å². The molecule has 2 aromatic heterocycles. The van der Waals surface area contributed by atoms with E-state index in [9.17, 15) is 10.4 Å². The molecule has 1 aliphatic carbocycles. The van der Waals surface area contributed by atoms with Gasteiger partial charge in [0.2, 0.25) is 11.7 Å². The lowest BCUT2D eigenvalue weighted by atomic mass is 9.79. The highest BCUT2D eigenvalue weighted by Crippen LogP contribution is 2.50. The normalized spacial score (nSPS) is 18.2. The fourth-order valence-corrected chi connectivity index (χ4v) is 9.01. The van der Waals surface area contributed by atoms with Crippen LogP contribution in [0.25, 0.3) is 11.2 Å². The highest BCUT2D eigenvalue weighted by Gasteiger charge is 2.54. The van der Waals surface area contributed by atoms with Gasteiger partial charge >= 0.3 is 0 Å². The average molecular weight is 805 g/mol. The number of ether oxygens (including phenoxy) is 2. The summed E-state index contributed by atoms with van der Waals surface area (Å²) in [6.07, 6.45) is 4.78. The van der Waals surface area contributed by atoms with Crippen molar-refractivity contribution in [1.82, 2.24) is 19.3 Å². The lowest BCUT2D eigenvalue weighted by molar-refractivity contribution is -0.175. The minimum atomic E-state index is -1.59. The minimum absolute atomic E-state index is 0.111. The van der Waals surface area contributed by atoms with E-state index in [0.29, 0.717) is 17.6 Å². The van der Waals surface area contributed by atoms with Crippen molar-refractivity contribution < 1.29 is 19.4 Å². The van der Waals surface area contributed by atoms with E-state index in [1.807, 2.05) is 120 Å². The van der Waals surface area contributed by atoms with Crippen molar-refractivity contribution in [3.05, 3.63) is 234 Å². The fourth-order valence-electron chi connectivity index (χ4n) is 9.01. The van der Waals surface area contributed by atoms with E-state index < -0.39 is 22.9 Å². The molecule has 6 aromatic carbocycles. The molecule has 0 unspecified atom stereocenters. The number of aliphatic hydroxyl groups is 1. The van der Waals surface area contributed by atoms with Crippen molar-refractivity contribution in [3.8, 4) is 6.19 Å². The first-order valence-corrected chi connectivity index (χ1v) is 20.3. The Hall–Kier alpha value is -7.16. The molecule has 0 spiro atoms. The molecule has 1 fully saturated rings. The summed E-state index contributed by atoms with van der Waals surface area (Å²) in [5.74, 6) is 0. The Morgan fingerprint density at radius 1 is 0.656 bits per heavy atom. The van der Waals surface area contributed by atoms with Gasteiger partial charge in [-0.1, -0.05) is 182 Å². The Morgan fingerprint density at radius 3 is 1.49 bits per heavy atom. The van der Waals surface area contributed by atoms with Gasteiger partial charge in [-0.05, 0) is 39.8 Å². The van der Waals surface area contributed by atoms with Gasteiger partial charge in [-0.2, -0.15) is 9.99 Å². The monoisotopic (exact) mass is 804 g/mol. The van der Waals surface area contributed by atoms with E-state index in [-0.39, 0.29) is 24.6 Å². The summed E-state index contributed by atoms with van der Waals surface area (Å²) in [4.78, 5) is 18.8. The van der Waals surface area contributed by atoms with E-state index in [2.05, 4.69) is 82.8 Å². The highest BCUT2D eigenvalue weighted by atomic mass is 16.6. The largest absolute Gasteiger partial charge is 0.414 e. The lowest BCUT2D eigenvalue weighted by Gasteiger charge is -2.43. The van der Waals surface area contributed by atoms with Crippen LogP contribution in [0, 0.1) is 11.5 Å². The van der Waals surface area contributed by atoms with Gasteiger partial charge in [0.05, 0.1) is 19.0 Å². The first-order valence-electron chi connectivity index (χ1n) is 20.3. The number of rotatable bonds is 13. The van der Waals surface area contributed by atoms with E-state index in [0.717, 1.165) is 33.4 Å². The zero-order valence-corrected chi connectivity index (χ0v) is 33.6. The number of nitriles is 1. The number of hydrogen-bond donors (Lipinski definition) is 1. The second-order valence-electron chi connectivity index (χ2n) is 15.3. The summed E-state index contributed by atoms with van der Waals surface area (Å²) in [6, 6.07) is 60.6. The molecule has 0 saturated heterocycles. The lowest BCUT2D eigenvalue weighted by Crippen LogP contribution is -2.50. The molecule has 8 aromatic rings. The molecule has 1 N–H and O–H groups in total. The SMILES string of the molecule is COn1cnc2c(ncn2[C@H]2C[C@H](OC(c3ccccc3)(c3ccccc3)c3ccccc3)[C@](O)(COC(c3ccccc3)(c3ccccc3)c3ccccc3)C2)c1=NC#N. The maximum Gasteiger partial charge on any atom is 0.211 e. The Balaban J connectivity index is 1.23. The average Bonchev–Trinajstić information content (AvgIpc) is 3.91. The van der Waals surface area contributed by atoms with E-state index in [4.69, 9.17) is 19.3 Å². The number of fused-ring (bicyclic) bond motifs is 1. The zero-order chi connectivity index (χ0) is 41.7.